The van der Waals surface area contributed by atoms with E-state index in [1.165, 1.54) is 31.7 Å². The molecule has 6 heteroatoms. The maximum Gasteiger partial charge on any atom is 0.573 e. The number of alkyl halides is 4. The van der Waals surface area contributed by atoms with E-state index in [9.17, 15) is 22.0 Å². The first-order chi connectivity index (χ1) is 14.4. The number of allylic oxidation sites excluding steroid dienone is 2. The highest BCUT2D eigenvalue weighted by atomic mass is 19.4. The summed E-state index contributed by atoms with van der Waals surface area (Å²) in [5, 5.41) is 0. The molecule has 3 rings (SSSR count). The number of unbranched alkanes of at least 4 members (excludes halogenated alkanes) is 1. The van der Waals surface area contributed by atoms with Gasteiger partial charge in [0.1, 0.15) is 0 Å². The molecule has 0 aromatic heterocycles. The monoisotopic (exact) mass is 430 g/mol. The van der Waals surface area contributed by atoms with Gasteiger partial charge in [-0.1, -0.05) is 18.2 Å². The molecule has 0 amide bonds. The van der Waals surface area contributed by atoms with Gasteiger partial charge in [-0.2, -0.15) is 0 Å². The van der Waals surface area contributed by atoms with Crippen LogP contribution in [0, 0.1) is 23.6 Å². The quantitative estimate of drug-likeness (QED) is 0.241. The van der Waals surface area contributed by atoms with E-state index in [1.54, 1.807) is 6.07 Å². The van der Waals surface area contributed by atoms with Crippen LogP contribution in [-0.2, 0) is 0 Å². The Kier molecular flexibility index (Phi) is 8.18. The Hall–Kier alpha value is -1.59. The Morgan fingerprint density at radius 1 is 0.933 bits per heavy atom. The summed E-state index contributed by atoms with van der Waals surface area (Å²) in [5.41, 5.74) is 0.766. The second-order valence-corrected chi connectivity index (χ2v) is 8.78. The van der Waals surface area contributed by atoms with Gasteiger partial charge >= 0.3 is 6.36 Å². The van der Waals surface area contributed by atoms with Gasteiger partial charge in [-0.15, -0.1) is 13.2 Å². The largest absolute Gasteiger partial charge is 0.573 e. The molecule has 0 spiro atoms. The van der Waals surface area contributed by atoms with Crippen molar-refractivity contribution >= 4 is 0 Å². The summed E-state index contributed by atoms with van der Waals surface area (Å²) in [4.78, 5) is 0. The van der Waals surface area contributed by atoms with Crippen LogP contribution in [0.4, 0.5) is 22.0 Å². The third kappa shape index (κ3) is 6.71. The van der Waals surface area contributed by atoms with Crippen LogP contribution in [0.3, 0.4) is 0 Å². The molecule has 2 aliphatic rings. The first-order valence-corrected chi connectivity index (χ1v) is 11.1. The van der Waals surface area contributed by atoms with Crippen molar-refractivity contribution in [2.75, 3.05) is 6.67 Å². The molecule has 0 N–H and O–H groups in total. The maximum absolute atomic E-state index is 14.0. The lowest BCUT2D eigenvalue weighted by Crippen LogP contribution is -2.25. The molecule has 0 saturated heterocycles. The minimum Gasteiger partial charge on any atom is -0.403 e. The zero-order valence-corrected chi connectivity index (χ0v) is 17.3. The summed E-state index contributed by atoms with van der Waals surface area (Å²) in [6.45, 7) is -0.252. The molecule has 0 heterocycles. The predicted molar refractivity (Wildman–Crippen MR) is 108 cm³/mol. The highest BCUT2D eigenvalue weighted by Crippen LogP contribution is 2.44. The van der Waals surface area contributed by atoms with Crippen LogP contribution in [0.15, 0.2) is 30.4 Å². The molecule has 30 heavy (non-hydrogen) atoms. The molecule has 0 aliphatic heterocycles. The standard InChI is InChI=1S/C24H31F5O/c25-15-3-1-2-4-17-5-7-18(8-6-17)19-9-11-20(12-10-19)21-13-14-23(22(26)16-21)30-24(27,28)29/h2,4,13-14,16-20H,1,3,5-12,15H2/b4-2+/t17-,18-,19?,20?. The summed E-state index contributed by atoms with van der Waals surface area (Å²) < 4.78 is 66.8. The van der Waals surface area contributed by atoms with Gasteiger partial charge in [0.25, 0.3) is 0 Å². The van der Waals surface area contributed by atoms with Crippen molar-refractivity contribution in [2.24, 2.45) is 17.8 Å². The minimum absolute atomic E-state index is 0.200. The molecule has 0 bridgehead atoms. The number of rotatable bonds is 7. The topological polar surface area (TPSA) is 9.23 Å². The van der Waals surface area contributed by atoms with Crippen molar-refractivity contribution in [3.63, 3.8) is 0 Å². The molecule has 2 aliphatic carbocycles. The summed E-state index contributed by atoms with van der Waals surface area (Å²) in [7, 11) is 0. The Morgan fingerprint density at radius 3 is 2.13 bits per heavy atom. The molecule has 1 nitrogen and oxygen atoms in total. The molecular weight excluding hydrogens is 399 g/mol. The fraction of sp³-hybridized carbons (Fsp3) is 0.667. The summed E-state index contributed by atoms with van der Waals surface area (Å²) in [5.74, 6) is 0.527. The molecule has 2 saturated carbocycles. The van der Waals surface area contributed by atoms with E-state index in [0.29, 0.717) is 18.3 Å². The average molecular weight is 431 g/mol. The maximum atomic E-state index is 14.0. The number of ether oxygens (including phenoxy) is 1. The lowest BCUT2D eigenvalue weighted by molar-refractivity contribution is -0.275. The molecule has 1 aromatic carbocycles. The SMILES string of the molecule is FCCC/C=C/[C@H]1CC[C@H](C2CCC(c3ccc(OC(F)(F)F)c(F)c3)CC2)CC1. The Balaban J connectivity index is 1.45. The summed E-state index contributed by atoms with van der Waals surface area (Å²) >= 11 is 0. The molecule has 0 radical (unpaired) electrons. The lowest BCUT2D eigenvalue weighted by Gasteiger charge is -2.37. The van der Waals surface area contributed by atoms with Crippen LogP contribution in [0.1, 0.15) is 75.7 Å². The highest BCUT2D eigenvalue weighted by molar-refractivity contribution is 5.31. The van der Waals surface area contributed by atoms with Crippen molar-refractivity contribution in [2.45, 2.75) is 76.5 Å². The Labute approximate surface area is 175 Å². The molecule has 168 valence electrons. The van der Waals surface area contributed by atoms with Crippen LogP contribution in [0.5, 0.6) is 5.75 Å². The van der Waals surface area contributed by atoms with E-state index in [0.717, 1.165) is 49.7 Å². The van der Waals surface area contributed by atoms with E-state index < -0.39 is 17.9 Å². The number of halogens is 5. The first-order valence-electron chi connectivity index (χ1n) is 11.1. The fourth-order valence-corrected chi connectivity index (χ4v) is 5.19. The third-order valence-electron chi connectivity index (χ3n) is 6.82. The van der Waals surface area contributed by atoms with E-state index >= 15 is 0 Å². The van der Waals surface area contributed by atoms with E-state index in [1.807, 2.05) is 0 Å². The van der Waals surface area contributed by atoms with Crippen molar-refractivity contribution < 1.29 is 26.7 Å². The molecular formula is C24H31F5O. The minimum atomic E-state index is -4.89. The first kappa shape index (κ1) is 23.1. The van der Waals surface area contributed by atoms with Crippen LogP contribution >= 0.6 is 0 Å². The Bertz CT molecular complexity index is 683. The molecule has 1 aromatic rings. The van der Waals surface area contributed by atoms with Gasteiger partial charge in [0.2, 0.25) is 0 Å². The highest BCUT2D eigenvalue weighted by Gasteiger charge is 2.33. The van der Waals surface area contributed by atoms with E-state index in [-0.39, 0.29) is 12.6 Å². The number of hydrogen-bond acceptors (Lipinski definition) is 1. The van der Waals surface area contributed by atoms with Gasteiger partial charge < -0.3 is 4.74 Å². The molecule has 0 atom stereocenters. The van der Waals surface area contributed by atoms with Crippen molar-refractivity contribution in [3.8, 4) is 5.75 Å². The van der Waals surface area contributed by atoms with Gasteiger partial charge in [-0.25, -0.2) is 4.39 Å². The average Bonchev–Trinajstić information content (AvgIpc) is 2.72. The van der Waals surface area contributed by atoms with Crippen molar-refractivity contribution in [1.29, 1.82) is 0 Å². The molecule has 2 fully saturated rings. The zero-order chi connectivity index (χ0) is 21.6. The van der Waals surface area contributed by atoms with Gasteiger partial charge in [0, 0.05) is 0 Å². The van der Waals surface area contributed by atoms with Gasteiger partial charge in [0.05, 0.1) is 6.67 Å². The second-order valence-electron chi connectivity index (χ2n) is 8.78. The molecule has 0 unspecified atom stereocenters. The third-order valence-corrected chi connectivity index (χ3v) is 6.82. The van der Waals surface area contributed by atoms with Crippen LogP contribution in [0.25, 0.3) is 0 Å². The number of benzene rings is 1. The summed E-state index contributed by atoms with van der Waals surface area (Å²) in [6, 6.07) is 3.86. The van der Waals surface area contributed by atoms with Crippen LogP contribution in [-0.4, -0.2) is 13.0 Å². The smallest absolute Gasteiger partial charge is 0.403 e. The lowest BCUT2D eigenvalue weighted by atomic mass is 9.68. The van der Waals surface area contributed by atoms with Gasteiger partial charge in [-0.05, 0) is 106 Å². The Morgan fingerprint density at radius 2 is 1.57 bits per heavy atom. The van der Waals surface area contributed by atoms with Crippen LogP contribution < -0.4 is 4.74 Å². The summed E-state index contributed by atoms with van der Waals surface area (Å²) in [6.07, 6.45) is 9.87. The predicted octanol–water partition coefficient (Wildman–Crippen LogP) is 8.11. The van der Waals surface area contributed by atoms with Gasteiger partial charge in [0.15, 0.2) is 11.6 Å². The van der Waals surface area contributed by atoms with Crippen molar-refractivity contribution in [1.82, 2.24) is 0 Å². The normalized spacial score (nSPS) is 28.0. The fourth-order valence-electron chi connectivity index (χ4n) is 5.19. The zero-order valence-electron chi connectivity index (χ0n) is 17.3. The van der Waals surface area contributed by atoms with E-state index in [4.69, 9.17) is 0 Å². The van der Waals surface area contributed by atoms with Crippen LogP contribution in [0.2, 0.25) is 0 Å². The second kappa shape index (κ2) is 10.6. The van der Waals surface area contributed by atoms with Gasteiger partial charge in [-0.3, -0.25) is 4.39 Å². The van der Waals surface area contributed by atoms with Crippen molar-refractivity contribution in [3.05, 3.63) is 41.7 Å². The number of hydrogen-bond donors (Lipinski definition) is 0. The van der Waals surface area contributed by atoms with E-state index in [2.05, 4.69) is 16.9 Å².